The van der Waals surface area contributed by atoms with E-state index < -0.39 is 0 Å². The lowest BCUT2D eigenvalue weighted by atomic mass is 10.2. The van der Waals surface area contributed by atoms with Crippen molar-refractivity contribution < 1.29 is 9.53 Å². The molecule has 0 amide bonds. The van der Waals surface area contributed by atoms with Crippen LogP contribution in [0.25, 0.3) is 0 Å². The van der Waals surface area contributed by atoms with Crippen molar-refractivity contribution in [1.29, 1.82) is 0 Å². The van der Waals surface area contributed by atoms with Crippen LogP contribution in [0.4, 0.5) is 5.82 Å². The van der Waals surface area contributed by atoms with Gasteiger partial charge in [-0.15, -0.1) is 0 Å². The molecule has 2 heterocycles. The fourth-order valence-corrected chi connectivity index (χ4v) is 3.29. The highest BCUT2D eigenvalue weighted by Crippen LogP contribution is 2.25. The molecule has 7 nitrogen and oxygen atoms in total. The average Bonchev–Trinajstić information content (AvgIpc) is 3.13. The first kappa shape index (κ1) is 21.3. The molecule has 1 aliphatic rings. The summed E-state index contributed by atoms with van der Waals surface area (Å²) < 4.78 is 4.65. The number of esters is 1. The van der Waals surface area contributed by atoms with Crippen LogP contribution in [0, 0.1) is 0 Å². The highest BCUT2D eigenvalue weighted by molar-refractivity contribution is 6.32. The number of guanidine groups is 1. The largest absolute Gasteiger partial charge is 0.469 e. The van der Waals surface area contributed by atoms with Gasteiger partial charge in [-0.25, -0.2) is 4.98 Å². The van der Waals surface area contributed by atoms with E-state index in [0.29, 0.717) is 17.5 Å². The summed E-state index contributed by atoms with van der Waals surface area (Å²) in [5.41, 5.74) is 0. The van der Waals surface area contributed by atoms with Crippen LogP contribution < -0.4 is 15.5 Å². The second-order valence-corrected chi connectivity index (χ2v) is 6.94. The smallest absolute Gasteiger partial charge is 0.305 e. The van der Waals surface area contributed by atoms with E-state index in [1.54, 1.807) is 6.20 Å². The lowest BCUT2D eigenvalue weighted by molar-refractivity contribution is -0.140. The van der Waals surface area contributed by atoms with Crippen molar-refractivity contribution in [3.05, 3.63) is 23.4 Å². The lowest BCUT2D eigenvalue weighted by Crippen LogP contribution is -2.44. The number of nitrogens with one attached hydrogen (secondary N) is 2. The minimum atomic E-state index is -0.146. The van der Waals surface area contributed by atoms with Gasteiger partial charge in [0.1, 0.15) is 5.82 Å². The molecule has 1 aliphatic heterocycles. The standard InChI is InChI=1S/C19H30ClN5O2/c1-3-21-19(23-11-6-4-5-9-17(26)27-2)24-15-10-13-25(14-15)18-16(20)8-7-12-22-18/h7-8,12,15H,3-6,9-11,13-14H2,1-2H3,(H2,21,23,24). The van der Waals surface area contributed by atoms with Crippen LogP contribution >= 0.6 is 11.6 Å². The summed E-state index contributed by atoms with van der Waals surface area (Å²) in [4.78, 5) is 22.3. The number of ether oxygens (including phenoxy) is 1. The Labute approximate surface area is 166 Å². The summed E-state index contributed by atoms with van der Waals surface area (Å²) in [6, 6.07) is 4.02. The molecule has 1 aromatic heterocycles. The zero-order valence-electron chi connectivity index (χ0n) is 16.2. The molecular weight excluding hydrogens is 366 g/mol. The fraction of sp³-hybridized carbons (Fsp3) is 0.632. The van der Waals surface area contributed by atoms with Crippen LogP contribution in [-0.2, 0) is 9.53 Å². The van der Waals surface area contributed by atoms with Gasteiger partial charge < -0.3 is 20.3 Å². The topological polar surface area (TPSA) is 78.8 Å². The molecule has 0 radical (unpaired) electrons. The SMILES string of the molecule is CCNC(=NCCCCCC(=O)OC)NC1CCN(c2ncccc2Cl)C1. The number of hydrogen-bond acceptors (Lipinski definition) is 5. The van der Waals surface area contributed by atoms with E-state index in [0.717, 1.165) is 63.6 Å². The number of nitrogens with zero attached hydrogens (tertiary/aromatic N) is 3. The molecule has 1 unspecified atom stereocenters. The zero-order chi connectivity index (χ0) is 19.5. The Hall–Kier alpha value is -2.02. The molecule has 8 heteroatoms. The van der Waals surface area contributed by atoms with Crippen LogP contribution in [0.1, 0.15) is 39.0 Å². The maximum Gasteiger partial charge on any atom is 0.305 e. The van der Waals surface area contributed by atoms with Crippen LogP contribution in [0.5, 0.6) is 0 Å². The van der Waals surface area contributed by atoms with Crippen molar-refractivity contribution in [3.63, 3.8) is 0 Å². The van der Waals surface area contributed by atoms with E-state index in [2.05, 4.69) is 37.2 Å². The predicted molar refractivity (Wildman–Crippen MR) is 109 cm³/mol. The van der Waals surface area contributed by atoms with Crippen molar-refractivity contribution in [2.45, 2.75) is 45.1 Å². The molecule has 0 spiro atoms. The number of carbonyl (C=O) groups excluding carboxylic acids is 1. The molecule has 2 rings (SSSR count). The Kier molecular flexibility index (Phi) is 9.18. The molecule has 0 aliphatic carbocycles. The van der Waals surface area contributed by atoms with Gasteiger partial charge in [-0.2, -0.15) is 0 Å². The number of halogens is 1. The molecule has 150 valence electrons. The molecule has 0 saturated carbocycles. The number of aromatic nitrogens is 1. The van der Waals surface area contributed by atoms with E-state index in [-0.39, 0.29) is 5.97 Å². The summed E-state index contributed by atoms with van der Waals surface area (Å²) in [6.07, 6.45) is 6.02. The van der Waals surface area contributed by atoms with Gasteiger partial charge in [0, 0.05) is 44.8 Å². The molecule has 0 aromatic carbocycles. The van der Waals surface area contributed by atoms with Gasteiger partial charge in [-0.1, -0.05) is 18.0 Å². The highest BCUT2D eigenvalue weighted by Gasteiger charge is 2.25. The van der Waals surface area contributed by atoms with Crippen LogP contribution in [0.2, 0.25) is 5.02 Å². The minimum Gasteiger partial charge on any atom is -0.469 e. The van der Waals surface area contributed by atoms with E-state index in [4.69, 9.17) is 11.6 Å². The number of pyridine rings is 1. The van der Waals surface area contributed by atoms with Crippen LogP contribution in [0.15, 0.2) is 23.3 Å². The first-order chi connectivity index (χ1) is 13.1. The lowest BCUT2D eigenvalue weighted by Gasteiger charge is -2.20. The molecule has 1 fully saturated rings. The molecule has 0 bridgehead atoms. The van der Waals surface area contributed by atoms with Gasteiger partial charge in [-0.05, 0) is 38.3 Å². The first-order valence-corrected chi connectivity index (χ1v) is 9.99. The monoisotopic (exact) mass is 395 g/mol. The third kappa shape index (κ3) is 7.25. The van der Waals surface area contributed by atoms with E-state index in [1.807, 2.05) is 12.1 Å². The van der Waals surface area contributed by atoms with Crippen molar-refractivity contribution in [2.75, 3.05) is 38.2 Å². The zero-order valence-corrected chi connectivity index (χ0v) is 17.0. The highest BCUT2D eigenvalue weighted by atomic mass is 35.5. The van der Waals surface area contributed by atoms with Gasteiger partial charge >= 0.3 is 5.97 Å². The Bertz CT molecular complexity index is 626. The molecule has 1 aromatic rings. The summed E-state index contributed by atoms with van der Waals surface area (Å²) in [5, 5.41) is 7.49. The van der Waals surface area contributed by atoms with Gasteiger partial charge in [0.05, 0.1) is 12.1 Å². The molecule has 1 saturated heterocycles. The number of unbranched alkanes of at least 4 members (excludes halogenated alkanes) is 2. The Balaban J connectivity index is 1.76. The molecule has 27 heavy (non-hydrogen) atoms. The number of anilines is 1. The molecule has 2 N–H and O–H groups in total. The average molecular weight is 396 g/mol. The van der Waals surface area contributed by atoms with Crippen LogP contribution in [-0.4, -0.2) is 56.2 Å². The summed E-state index contributed by atoms with van der Waals surface area (Å²) in [5.74, 6) is 1.53. The second-order valence-electron chi connectivity index (χ2n) is 6.53. The Morgan fingerprint density at radius 3 is 3.04 bits per heavy atom. The molecular formula is C19H30ClN5O2. The third-order valence-corrected chi connectivity index (χ3v) is 4.74. The number of methoxy groups -OCH3 is 1. The fourth-order valence-electron chi connectivity index (χ4n) is 3.04. The first-order valence-electron chi connectivity index (χ1n) is 9.61. The Morgan fingerprint density at radius 1 is 1.44 bits per heavy atom. The van der Waals surface area contributed by atoms with Crippen molar-refractivity contribution in [2.24, 2.45) is 4.99 Å². The number of rotatable bonds is 9. The summed E-state index contributed by atoms with van der Waals surface area (Å²) in [6.45, 7) is 5.37. The predicted octanol–water partition coefficient (Wildman–Crippen LogP) is 2.60. The normalized spacial score (nSPS) is 17.1. The molecule has 1 atom stereocenters. The van der Waals surface area contributed by atoms with Gasteiger partial charge in [-0.3, -0.25) is 9.79 Å². The van der Waals surface area contributed by atoms with Crippen molar-refractivity contribution >= 4 is 29.3 Å². The van der Waals surface area contributed by atoms with Crippen molar-refractivity contribution in [1.82, 2.24) is 15.6 Å². The van der Waals surface area contributed by atoms with Gasteiger partial charge in [0.2, 0.25) is 0 Å². The number of aliphatic imine (C=N–C) groups is 1. The number of hydrogen-bond donors (Lipinski definition) is 2. The second kappa shape index (κ2) is 11.6. The van der Waals surface area contributed by atoms with E-state index >= 15 is 0 Å². The third-order valence-electron chi connectivity index (χ3n) is 4.45. The van der Waals surface area contributed by atoms with Gasteiger partial charge in [0.15, 0.2) is 5.96 Å². The Morgan fingerprint density at radius 2 is 2.30 bits per heavy atom. The number of carbonyl (C=O) groups is 1. The quantitative estimate of drug-likeness (QED) is 0.289. The van der Waals surface area contributed by atoms with Crippen molar-refractivity contribution in [3.8, 4) is 0 Å². The van der Waals surface area contributed by atoms with Gasteiger partial charge in [0.25, 0.3) is 0 Å². The van der Waals surface area contributed by atoms with E-state index in [1.165, 1.54) is 7.11 Å². The maximum absolute atomic E-state index is 11.1. The summed E-state index contributed by atoms with van der Waals surface area (Å²) in [7, 11) is 1.42. The minimum absolute atomic E-state index is 0.146. The van der Waals surface area contributed by atoms with Crippen LogP contribution in [0.3, 0.4) is 0 Å². The maximum atomic E-state index is 11.1. The summed E-state index contributed by atoms with van der Waals surface area (Å²) >= 11 is 6.26. The van der Waals surface area contributed by atoms with E-state index in [9.17, 15) is 4.79 Å².